The average molecular weight is 423 g/mol. The van der Waals surface area contributed by atoms with Crippen molar-refractivity contribution in [2.24, 2.45) is 0 Å². The lowest BCUT2D eigenvalue weighted by molar-refractivity contribution is -0.143. The molecule has 1 saturated carbocycles. The molecule has 162 valence electrons. The van der Waals surface area contributed by atoms with Crippen molar-refractivity contribution < 1.29 is 14.0 Å². The van der Waals surface area contributed by atoms with Crippen LogP contribution in [0.5, 0.6) is 0 Å². The van der Waals surface area contributed by atoms with Crippen molar-refractivity contribution >= 4 is 22.8 Å². The van der Waals surface area contributed by atoms with Gasteiger partial charge in [-0.25, -0.2) is 9.07 Å². The van der Waals surface area contributed by atoms with Gasteiger partial charge in [-0.05, 0) is 51.8 Å². The van der Waals surface area contributed by atoms with Crippen molar-refractivity contribution in [2.45, 2.75) is 57.8 Å². The highest BCUT2D eigenvalue weighted by atomic mass is 19.1. The Balaban J connectivity index is 1.70. The van der Waals surface area contributed by atoms with Crippen LogP contribution in [0.4, 0.5) is 4.39 Å². The summed E-state index contributed by atoms with van der Waals surface area (Å²) in [5.41, 5.74) is 1.08. The molecular weight excluding hydrogens is 397 g/mol. The molecule has 7 nitrogen and oxygen atoms in total. The fourth-order valence-corrected chi connectivity index (χ4v) is 3.71. The van der Waals surface area contributed by atoms with Crippen LogP contribution in [0.2, 0.25) is 0 Å². The maximum Gasteiger partial charge on any atom is 0.247 e. The van der Waals surface area contributed by atoms with Crippen molar-refractivity contribution in [3.05, 3.63) is 59.9 Å². The van der Waals surface area contributed by atoms with Crippen LogP contribution in [0.15, 0.2) is 48.5 Å². The molecule has 0 aliphatic heterocycles. The standard InChI is InChI=1S/C23H26FN5O2/c1-23(2,3)25-22(31)21(16-8-4-5-9-17(16)24)29(15-12-13-15)20(30)14-28-19-11-7-6-10-18(19)26-27-28/h4-11,15,21H,12-14H2,1-3H3,(H,25,31). The van der Waals surface area contributed by atoms with Gasteiger partial charge in [-0.1, -0.05) is 35.5 Å². The third-order valence-electron chi connectivity index (χ3n) is 5.16. The molecule has 1 aliphatic carbocycles. The highest BCUT2D eigenvalue weighted by molar-refractivity contribution is 5.90. The Morgan fingerprint density at radius 2 is 1.84 bits per heavy atom. The Bertz CT molecular complexity index is 1120. The first-order valence-electron chi connectivity index (χ1n) is 10.4. The van der Waals surface area contributed by atoms with Gasteiger partial charge >= 0.3 is 0 Å². The van der Waals surface area contributed by atoms with E-state index in [2.05, 4.69) is 15.6 Å². The van der Waals surface area contributed by atoms with E-state index in [1.54, 1.807) is 18.2 Å². The molecule has 4 rings (SSSR count). The molecule has 31 heavy (non-hydrogen) atoms. The number of amides is 2. The Labute approximate surface area is 180 Å². The van der Waals surface area contributed by atoms with Gasteiger partial charge in [0.1, 0.15) is 23.9 Å². The molecule has 1 unspecified atom stereocenters. The molecule has 1 fully saturated rings. The monoisotopic (exact) mass is 423 g/mol. The molecule has 8 heteroatoms. The Kier molecular flexibility index (Phi) is 5.47. The number of carbonyl (C=O) groups excluding carboxylic acids is 2. The first kappa shape index (κ1) is 21.0. The van der Waals surface area contributed by atoms with Crippen molar-refractivity contribution in [2.75, 3.05) is 0 Å². The third kappa shape index (κ3) is 4.57. The summed E-state index contributed by atoms with van der Waals surface area (Å²) in [6.07, 6.45) is 1.55. The van der Waals surface area contributed by atoms with Crippen LogP contribution in [0.3, 0.4) is 0 Å². The molecule has 1 atom stereocenters. The fraction of sp³-hybridized carbons (Fsp3) is 0.391. The summed E-state index contributed by atoms with van der Waals surface area (Å²) >= 11 is 0. The van der Waals surface area contributed by atoms with Gasteiger partial charge in [-0.3, -0.25) is 9.59 Å². The molecule has 0 radical (unpaired) electrons. The minimum atomic E-state index is -1.06. The van der Waals surface area contributed by atoms with E-state index >= 15 is 0 Å². The van der Waals surface area contributed by atoms with Gasteiger partial charge in [-0.15, -0.1) is 5.10 Å². The van der Waals surface area contributed by atoms with Crippen LogP contribution < -0.4 is 5.32 Å². The zero-order chi connectivity index (χ0) is 22.2. The second-order valence-corrected chi connectivity index (χ2v) is 8.93. The van der Waals surface area contributed by atoms with Crippen LogP contribution in [0, 0.1) is 5.82 Å². The van der Waals surface area contributed by atoms with Crippen molar-refractivity contribution in [3.8, 4) is 0 Å². The summed E-state index contributed by atoms with van der Waals surface area (Å²) in [5, 5.41) is 11.1. The van der Waals surface area contributed by atoms with Gasteiger partial charge in [-0.2, -0.15) is 0 Å². The van der Waals surface area contributed by atoms with E-state index in [1.807, 2.05) is 45.0 Å². The van der Waals surface area contributed by atoms with Crippen molar-refractivity contribution in [1.82, 2.24) is 25.2 Å². The summed E-state index contributed by atoms with van der Waals surface area (Å²) in [4.78, 5) is 28.3. The summed E-state index contributed by atoms with van der Waals surface area (Å²) in [7, 11) is 0. The molecule has 0 saturated heterocycles. The topological polar surface area (TPSA) is 80.1 Å². The van der Waals surface area contributed by atoms with Crippen LogP contribution in [0.1, 0.15) is 45.2 Å². The van der Waals surface area contributed by atoms with Gasteiger partial charge in [0.25, 0.3) is 0 Å². The average Bonchev–Trinajstić information content (AvgIpc) is 3.46. The molecule has 1 N–H and O–H groups in total. The summed E-state index contributed by atoms with van der Waals surface area (Å²) in [6.45, 7) is 5.49. The van der Waals surface area contributed by atoms with Gasteiger partial charge in [0.15, 0.2) is 0 Å². The molecule has 3 aromatic rings. The number of halogens is 1. The lowest BCUT2D eigenvalue weighted by Crippen LogP contribution is -2.50. The minimum absolute atomic E-state index is 0.0786. The zero-order valence-electron chi connectivity index (χ0n) is 17.9. The number of hydrogen-bond donors (Lipinski definition) is 1. The summed E-state index contributed by atoms with van der Waals surface area (Å²) in [6, 6.07) is 12.3. The van der Waals surface area contributed by atoms with E-state index in [0.717, 1.165) is 18.4 Å². The first-order valence-corrected chi connectivity index (χ1v) is 10.4. The van der Waals surface area contributed by atoms with Crippen LogP contribution >= 0.6 is 0 Å². The number of para-hydroxylation sites is 1. The lowest BCUT2D eigenvalue weighted by atomic mass is 10.0. The molecular formula is C23H26FN5O2. The number of fused-ring (bicyclic) bond motifs is 1. The van der Waals surface area contributed by atoms with Crippen LogP contribution in [-0.4, -0.2) is 43.3 Å². The number of rotatable bonds is 6. The Morgan fingerprint density at radius 1 is 1.16 bits per heavy atom. The maximum absolute atomic E-state index is 14.8. The smallest absolute Gasteiger partial charge is 0.247 e. The van der Waals surface area contributed by atoms with Gasteiger partial charge in [0.05, 0.1) is 5.52 Å². The second kappa shape index (κ2) is 8.09. The minimum Gasteiger partial charge on any atom is -0.349 e. The quantitative estimate of drug-likeness (QED) is 0.660. The van der Waals surface area contributed by atoms with Gasteiger partial charge in [0, 0.05) is 17.1 Å². The Morgan fingerprint density at radius 3 is 2.52 bits per heavy atom. The highest BCUT2D eigenvalue weighted by Gasteiger charge is 2.43. The zero-order valence-corrected chi connectivity index (χ0v) is 17.9. The SMILES string of the molecule is CC(C)(C)NC(=O)C(c1ccccc1F)N(C(=O)Cn1nnc2ccccc21)C1CC1. The van der Waals surface area contributed by atoms with Crippen molar-refractivity contribution in [3.63, 3.8) is 0 Å². The summed E-state index contributed by atoms with van der Waals surface area (Å²) < 4.78 is 16.3. The number of nitrogens with one attached hydrogen (secondary N) is 1. The Hall–Kier alpha value is -3.29. The third-order valence-corrected chi connectivity index (χ3v) is 5.16. The summed E-state index contributed by atoms with van der Waals surface area (Å²) in [5.74, 6) is -1.21. The van der Waals surface area contributed by atoms with Gasteiger partial charge < -0.3 is 10.2 Å². The molecule has 2 amide bonds. The number of benzene rings is 2. The van der Waals surface area contributed by atoms with Gasteiger partial charge in [0.2, 0.25) is 11.8 Å². The number of carbonyl (C=O) groups is 2. The van der Waals surface area contributed by atoms with E-state index in [1.165, 1.54) is 15.6 Å². The maximum atomic E-state index is 14.8. The number of nitrogens with zero attached hydrogens (tertiary/aromatic N) is 4. The van der Waals surface area contributed by atoms with E-state index in [-0.39, 0.29) is 24.1 Å². The molecule has 2 aromatic carbocycles. The predicted molar refractivity (Wildman–Crippen MR) is 114 cm³/mol. The number of hydrogen-bond acceptors (Lipinski definition) is 4. The predicted octanol–water partition coefficient (Wildman–Crippen LogP) is 3.22. The molecule has 1 heterocycles. The normalized spacial score (nSPS) is 15.0. The first-order chi connectivity index (χ1) is 14.7. The molecule has 1 aromatic heterocycles. The highest BCUT2D eigenvalue weighted by Crippen LogP contribution is 2.36. The van der Waals surface area contributed by atoms with Crippen molar-refractivity contribution in [1.29, 1.82) is 0 Å². The molecule has 0 spiro atoms. The largest absolute Gasteiger partial charge is 0.349 e. The van der Waals surface area contributed by atoms with Crippen LogP contribution in [0.25, 0.3) is 11.0 Å². The number of aromatic nitrogens is 3. The second-order valence-electron chi connectivity index (χ2n) is 8.93. The molecule has 1 aliphatic rings. The molecule has 0 bridgehead atoms. The van der Waals surface area contributed by atoms with E-state index in [0.29, 0.717) is 5.52 Å². The fourth-order valence-electron chi connectivity index (χ4n) is 3.71. The van der Waals surface area contributed by atoms with E-state index in [9.17, 15) is 14.0 Å². The van der Waals surface area contributed by atoms with Crippen LogP contribution in [-0.2, 0) is 16.1 Å². The van der Waals surface area contributed by atoms with E-state index in [4.69, 9.17) is 0 Å². The lowest BCUT2D eigenvalue weighted by Gasteiger charge is -2.34. The van der Waals surface area contributed by atoms with E-state index < -0.39 is 23.3 Å².